The highest BCUT2D eigenvalue weighted by molar-refractivity contribution is 7.87. The molecule has 0 unspecified atom stereocenters. The number of ether oxygens (including phenoxy) is 1. The predicted molar refractivity (Wildman–Crippen MR) is 94.4 cm³/mol. The van der Waals surface area contributed by atoms with Gasteiger partial charge in [0.1, 0.15) is 16.4 Å². The molecule has 2 aromatic carbocycles. The van der Waals surface area contributed by atoms with E-state index in [1.165, 1.54) is 12.1 Å². The fraction of sp³-hybridized carbons (Fsp3) is 0.105. The molecule has 0 N–H and O–H groups in total. The number of rotatable bonds is 6. The first-order valence-electron chi connectivity index (χ1n) is 7.79. The average Bonchev–Trinajstić information content (AvgIpc) is 2.64. The number of hydrogen-bond acceptors (Lipinski definition) is 5. The summed E-state index contributed by atoms with van der Waals surface area (Å²) < 4.78 is 35.4. The molecular weight excluding hydrogens is 338 g/mol. The summed E-state index contributed by atoms with van der Waals surface area (Å²) in [6.45, 7) is 2.01. The highest BCUT2D eigenvalue weighted by atomic mass is 32.2. The van der Waals surface area contributed by atoms with E-state index in [2.05, 4.69) is 4.98 Å². The zero-order chi connectivity index (χ0) is 17.7. The van der Waals surface area contributed by atoms with Crippen molar-refractivity contribution < 1.29 is 17.3 Å². The number of benzene rings is 2. The fourth-order valence-corrected chi connectivity index (χ4v) is 3.09. The summed E-state index contributed by atoms with van der Waals surface area (Å²) >= 11 is 0. The Balaban J connectivity index is 1.71. The van der Waals surface area contributed by atoms with Crippen molar-refractivity contribution >= 4 is 10.1 Å². The SMILES string of the molecule is CCc1ccc(S(=O)(=O)Oc2ccc(Oc3ccccn3)cc2)cc1. The molecule has 0 atom stereocenters. The van der Waals surface area contributed by atoms with Crippen molar-refractivity contribution in [2.75, 3.05) is 0 Å². The van der Waals surface area contributed by atoms with Gasteiger partial charge in [0.2, 0.25) is 5.88 Å². The van der Waals surface area contributed by atoms with Crippen molar-refractivity contribution in [2.45, 2.75) is 18.2 Å². The van der Waals surface area contributed by atoms with Crippen molar-refractivity contribution in [1.29, 1.82) is 0 Å². The third-order valence-electron chi connectivity index (χ3n) is 3.51. The zero-order valence-corrected chi connectivity index (χ0v) is 14.4. The topological polar surface area (TPSA) is 65.5 Å². The van der Waals surface area contributed by atoms with Crippen LogP contribution in [0.1, 0.15) is 12.5 Å². The maximum atomic E-state index is 12.3. The van der Waals surface area contributed by atoms with E-state index in [0.29, 0.717) is 11.6 Å². The lowest BCUT2D eigenvalue weighted by molar-refractivity contribution is 0.459. The van der Waals surface area contributed by atoms with E-state index in [9.17, 15) is 8.42 Å². The second-order valence-electron chi connectivity index (χ2n) is 5.28. The van der Waals surface area contributed by atoms with Crippen LogP contribution in [0.15, 0.2) is 77.8 Å². The molecule has 1 aromatic heterocycles. The summed E-state index contributed by atoms with van der Waals surface area (Å²) in [4.78, 5) is 4.18. The number of aromatic nitrogens is 1. The summed E-state index contributed by atoms with van der Waals surface area (Å²) in [5, 5.41) is 0. The van der Waals surface area contributed by atoms with E-state index in [0.717, 1.165) is 12.0 Å². The lowest BCUT2D eigenvalue weighted by Crippen LogP contribution is -2.09. The van der Waals surface area contributed by atoms with Gasteiger partial charge in [-0.25, -0.2) is 4.98 Å². The highest BCUT2D eigenvalue weighted by Crippen LogP contribution is 2.24. The van der Waals surface area contributed by atoms with Crippen LogP contribution in [0, 0.1) is 0 Å². The van der Waals surface area contributed by atoms with Crippen LogP contribution < -0.4 is 8.92 Å². The largest absolute Gasteiger partial charge is 0.439 e. The van der Waals surface area contributed by atoms with Crippen LogP contribution in [0.2, 0.25) is 0 Å². The quantitative estimate of drug-likeness (QED) is 0.620. The molecule has 5 nitrogen and oxygen atoms in total. The van der Waals surface area contributed by atoms with Crippen molar-refractivity contribution in [3.05, 3.63) is 78.5 Å². The first-order valence-corrected chi connectivity index (χ1v) is 9.20. The van der Waals surface area contributed by atoms with Gasteiger partial charge in [0.05, 0.1) is 0 Å². The summed E-state index contributed by atoms with van der Waals surface area (Å²) in [6, 6.07) is 18.3. The molecule has 0 aliphatic rings. The van der Waals surface area contributed by atoms with Crippen LogP contribution in [0.4, 0.5) is 0 Å². The molecule has 0 radical (unpaired) electrons. The Bertz CT molecular complexity index is 921. The minimum absolute atomic E-state index is 0.124. The smallest absolute Gasteiger partial charge is 0.339 e. The van der Waals surface area contributed by atoms with Gasteiger partial charge in [-0.2, -0.15) is 8.42 Å². The second-order valence-corrected chi connectivity index (χ2v) is 6.82. The van der Waals surface area contributed by atoms with E-state index >= 15 is 0 Å². The average molecular weight is 355 g/mol. The maximum Gasteiger partial charge on any atom is 0.339 e. The van der Waals surface area contributed by atoms with E-state index in [-0.39, 0.29) is 10.6 Å². The molecule has 3 rings (SSSR count). The zero-order valence-electron chi connectivity index (χ0n) is 13.6. The maximum absolute atomic E-state index is 12.3. The van der Waals surface area contributed by atoms with Gasteiger partial charge in [-0.1, -0.05) is 25.1 Å². The van der Waals surface area contributed by atoms with E-state index < -0.39 is 10.1 Å². The van der Waals surface area contributed by atoms with Crippen LogP contribution in [0.25, 0.3) is 0 Å². The molecule has 0 spiro atoms. The van der Waals surface area contributed by atoms with Gasteiger partial charge in [-0.15, -0.1) is 0 Å². The summed E-state index contributed by atoms with van der Waals surface area (Å²) in [5.74, 6) is 1.21. The van der Waals surface area contributed by atoms with Gasteiger partial charge in [-0.05, 0) is 54.4 Å². The van der Waals surface area contributed by atoms with Crippen molar-refractivity contribution in [2.24, 2.45) is 0 Å². The van der Waals surface area contributed by atoms with Gasteiger partial charge < -0.3 is 8.92 Å². The monoisotopic (exact) mass is 355 g/mol. The molecule has 0 amide bonds. The van der Waals surface area contributed by atoms with Crippen LogP contribution >= 0.6 is 0 Å². The Kier molecular flexibility index (Phi) is 5.00. The molecule has 0 saturated carbocycles. The second kappa shape index (κ2) is 7.36. The number of hydrogen-bond donors (Lipinski definition) is 0. The molecule has 0 aliphatic heterocycles. The molecule has 0 saturated heterocycles. The number of pyridine rings is 1. The third-order valence-corrected chi connectivity index (χ3v) is 4.77. The first kappa shape index (κ1) is 17.0. The Hall–Kier alpha value is -2.86. The minimum Gasteiger partial charge on any atom is -0.439 e. The molecule has 25 heavy (non-hydrogen) atoms. The third kappa shape index (κ3) is 4.36. The molecular formula is C19H17NO4S. The van der Waals surface area contributed by atoms with Gasteiger partial charge in [-0.3, -0.25) is 0 Å². The lowest BCUT2D eigenvalue weighted by atomic mass is 10.2. The van der Waals surface area contributed by atoms with Crippen LogP contribution in [-0.4, -0.2) is 13.4 Å². The van der Waals surface area contributed by atoms with Crippen molar-refractivity contribution in [1.82, 2.24) is 4.98 Å². The van der Waals surface area contributed by atoms with E-state index in [4.69, 9.17) is 8.92 Å². The van der Waals surface area contributed by atoms with Gasteiger partial charge >= 0.3 is 10.1 Å². The highest BCUT2D eigenvalue weighted by Gasteiger charge is 2.16. The number of nitrogens with zero attached hydrogens (tertiary/aromatic N) is 1. The van der Waals surface area contributed by atoms with Crippen LogP contribution in [0.5, 0.6) is 17.4 Å². The lowest BCUT2D eigenvalue weighted by Gasteiger charge is -2.09. The van der Waals surface area contributed by atoms with Crippen molar-refractivity contribution in [3.8, 4) is 17.4 Å². The molecule has 128 valence electrons. The van der Waals surface area contributed by atoms with Crippen LogP contribution in [-0.2, 0) is 16.5 Å². The normalized spacial score (nSPS) is 11.1. The molecule has 0 aliphatic carbocycles. The molecule has 0 bridgehead atoms. The van der Waals surface area contributed by atoms with Gasteiger partial charge in [0.25, 0.3) is 0 Å². The Morgan fingerprint density at radius 3 is 2.16 bits per heavy atom. The Labute approximate surface area is 147 Å². The Morgan fingerprint density at radius 2 is 1.56 bits per heavy atom. The summed E-state index contributed by atoms with van der Waals surface area (Å²) in [6.07, 6.45) is 2.47. The number of aryl methyl sites for hydroxylation is 1. The van der Waals surface area contributed by atoms with Crippen molar-refractivity contribution in [3.63, 3.8) is 0 Å². The van der Waals surface area contributed by atoms with E-state index in [1.807, 2.05) is 13.0 Å². The van der Waals surface area contributed by atoms with Gasteiger partial charge in [0.15, 0.2) is 0 Å². The molecule has 1 heterocycles. The molecule has 3 aromatic rings. The first-order chi connectivity index (χ1) is 12.1. The molecule has 6 heteroatoms. The standard InChI is InChI=1S/C19H17NO4S/c1-2-15-6-12-18(13-7-15)25(21,22)24-17-10-8-16(9-11-17)23-19-5-3-4-14-20-19/h3-14H,2H2,1H3. The van der Waals surface area contributed by atoms with Gasteiger partial charge in [0, 0.05) is 12.3 Å². The predicted octanol–water partition coefficient (Wildman–Crippen LogP) is 4.20. The van der Waals surface area contributed by atoms with E-state index in [1.54, 1.807) is 54.7 Å². The summed E-state index contributed by atoms with van der Waals surface area (Å²) in [7, 11) is -3.86. The minimum atomic E-state index is -3.86. The Morgan fingerprint density at radius 1 is 0.880 bits per heavy atom. The fourth-order valence-electron chi connectivity index (χ4n) is 2.16. The molecule has 0 fully saturated rings. The van der Waals surface area contributed by atoms with Crippen LogP contribution in [0.3, 0.4) is 0 Å². The summed E-state index contributed by atoms with van der Waals surface area (Å²) in [5.41, 5.74) is 1.06.